The largest absolute Gasteiger partial charge is 0.504 e. The van der Waals surface area contributed by atoms with Crippen molar-refractivity contribution in [3.8, 4) is 11.5 Å². The van der Waals surface area contributed by atoms with Crippen LogP contribution in [0.5, 0.6) is 11.5 Å². The molecule has 0 saturated carbocycles. The Morgan fingerprint density at radius 3 is 2.74 bits per heavy atom. The quantitative estimate of drug-likeness (QED) is 0.481. The van der Waals surface area contributed by atoms with Gasteiger partial charge in [0.25, 0.3) is 0 Å². The van der Waals surface area contributed by atoms with Crippen molar-refractivity contribution in [3.05, 3.63) is 33.2 Å². The molecule has 0 amide bonds. The van der Waals surface area contributed by atoms with Gasteiger partial charge in [0.05, 0.1) is 19.3 Å². The van der Waals surface area contributed by atoms with Crippen molar-refractivity contribution >= 4 is 22.6 Å². The Morgan fingerprint density at radius 1 is 1.22 bits per heavy atom. The summed E-state index contributed by atoms with van der Waals surface area (Å²) in [6.45, 7) is 2.85. The number of hydrogen-bond donors (Lipinski definition) is 1. The number of unbranched alkanes of at least 4 members (excludes halogenated alkanes) is 4. The second-order valence-corrected chi connectivity index (χ2v) is 6.85. The highest BCUT2D eigenvalue weighted by atomic mass is 127. The number of nitrogens with zero attached hydrogens (tertiary/aromatic N) is 3. The second-order valence-electron chi connectivity index (χ2n) is 5.69. The van der Waals surface area contributed by atoms with E-state index in [0.717, 1.165) is 21.2 Å². The van der Waals surface area contributed by atoms with E-state index < -0.39 is 0 Å². The van der Waals surface area contributed by atoms with Gasteiger partial charge in [0.1, 0.15) is 0 Å². The Bertz CT molecular complexity index is 628. The van der Waals surface area contributed by atoms with Crippen LogP contribution in [0.4, 0.5) is 0 Å². The number of aromatic nitrogens is 3. The first-order chi connectivity index (χ1) is 11.1. The maximum absolute atomic E-state index is 9.78. The van der Waals surface area contributed by atoms with Crippen LogP contribution in [0.3, 0.4) is 0 Å². The Morgan fingerprint density at radius 2 is 2.00 bits per heavy atom. The van der Waals surface area contributed by atoms with Crippen LogP contribution >= 0.6 is 22.6 Å². The topological polar surface area (TPSA) is 60.2 Å². The van der Waals surface area contributed by atoms with Gasteiger partial charge in [0.15, 0.2) is 11.5 Å². The van der Waals surface area contributed by atoms with Gasteiger partial charge < -0.3 is 9.84 Å². The minimum atomic E-state index is 0.159. The van der Waals surface area contributed by atoms with E-state index in [9.17, 15) is 5.11 Å². The van der Waals surface area contributed by atoms with Gasteiger partial charge in [0, 0.05) is 9.77 Å². The summed E-state index contributed by atoms with van der Waals surface area (Å²) in [4.78, 5) is 0. The zero-order valence-electron chi connectivity index (χ0n) is 13.8. The molecule has 1 aromatic carbocycles. The van der Waals surface area contributed by atoms with Gasteiger partial charge in [-0.05, 0) is 53.1 Å². The lowest BCUT2D eigenvalue weighted by atomic mass is 10.1. The van der Waals surface area contributed by atoms with E-state index in [1.54, 1.807) is 13.2 Å². The zero-order chi connectivity index (χ0) is 16.7. The molecular formula is C17H24IN3O2. The number of benzene rings is 1. The van der Waals surface area contributed by atoms with Crippen molar-refractivity contribution in [2.45, 2.75) is 52.0 Å². The van der Waals surface area contributed by atoms with Gasteiger partial charge >= 0.3 is 0 Å². The zero-order valence-corrected chi connectivity index (χ0v) is 15.9. The van der Waals surface area contributed by atoms with Crippen molar-refractivity contribution in [3.63, 3.8) is 0 Å². The van der Waals surface area contributed by atoms with Crippen molar-refractivity contribution in [1.82, 2.24) is 15.0 Å². The molecular weight excluding hydrogens is 405 g/mol. The highest BCUT2D eigenvalue weighted by Gasteiger charge is 2.10. The SMILES string of the molecule is CCCCCCCc1cn(Cc2cc(OC)c(O)cc2I)nn1. The fourth-order valence-corrected chi connectivity index (χ4v) is 3.11. The molecule has 1 heterocycles. The Balaban J connectivity index is 1.94. The molecule has 126 valence electrons. The van der Waals surface area contributed by atoms with Crippen LogP contribution in [0.1, 0.15) is 50.3 Å². The van der Waals surface area contributed by atoms with E-state index in [1.165, 1.54) is 32.1 Å². The lowest BCUT2D eigenvalue weighted by Crippen LogP contribution is -2.03. The Hall–Kier alpha value is -1.31. The van der Waals surface area contributed by atoms with E-state index in [1.807, 2.05) is 16.9 Å². The number of aryl methyl sites for hydroxylation is 1. The van der Waals surface area contributed by atoms with Crippen LogP contribution in [0, 0.1) is 3.57 Å². The molecule has 0 fully saturated rings. The molecule has 2 rings (SSSR count). The second kappa shape index (κ2) is 9.10. The summed E-state index contributed by atoms with van der Waals surface area (Å²) in [6.07, 6.45) is 9.31. The summed E-state index contributed by atoms with van der Waals surface area (Å²) >= 11 is 2.21. The molecule has 1 aromatic heterocycles. The molecule has 0 unspecified atom stereocenters. The highest BCUT2D eigenvalue weighted by Crippen LogP contribution is 2.30. The first kappa shape index (κ1) is 18.0. The fourth-order valence-electron chi connectivity index (χ4n) is 2.48. The molecule has 0 atom stereocenters. The van der Waals surface area contributed by atoms with E-state index in [2.05, 4.69) is 39.8 Å². The Kier molecular flexibility index (Phi) is 7.14. The summed E-state index contributed by atoms with van der Waals surface area (Å²) < 4.78 is 8.00. The maximum atomic E-state index is 9.78. The molecule has 23 heavy (non-hydrogen) atoms. The van der Waals surface area contributed by atoms with Gasteiger partial charge in [-0.2, -0.15) is 0 Å². The third kappa shape index (κ3) is 5.37. The molecule has 1 N–H and O–H groups in total. The highest BCUT2D eigenvalue weighted by molar-refractivity contribution is 14.1. The lowest BCUT2D eigenvalue weighted by Gasteiger charge is -2.09. The Labute approximate surface area is 151 Å². The molecule has 5 nitrogen and oxygen atoms in total. The third-order valence-corrected chi connectivity index (χ3v) is 4.81. The average Bonchev–Trinajstić information content (AvgIpc) is 2.97. The summed E-state index contributed by atoms with van der Waals surface area (Å²) in [6, 6.07) is 3.56. The predicted octanol–water partition coefficient (Wildman–Crippen LogP) is 4.16. The first-order valence-electron chi connectivity index (χ1n) is 8.08. The van der Waals surface area contributed by atoms with E-state index in [4.69, 9.17) is 4.74 Å². The van der Waals surface area contributed by atoms with Gasteiger partial charge in [-0.1, -0.05) is 37.8 Å². The molecule has 6 heteroatoms. The van der Waals surface area contributed by atoms with Crippen LogP contribution in [-0.2, 0) is 13.0 Å². The summed E-state index contributed by atoms with van der Waals surface area (Å²) in [5.41, 5.74) is 2.10. The minimum absolute atomic E-state index is 0.159. The summed E-state index contributed by atoms with van der Waals surface area (Å²) in [5.74, 6) is 0.642. The van der Waals surface area contributed by atoms with Gasteiger partial charge in [-0.15, -0.1) is 5.10 Å². The molecule has 0 bridgehead atoms. The average molecular weight is 429 g/mol. The van der Waals surface area contributed by atoms with Crippen LogP contribution in [0.15, 0.2) is 18.3 Å². The third-order valence-electron chi connectivity index (χ3n) is 3.80. The fraction of sp³-hybridized carbons (Fsp3) is 0.529. The van der Waals surface area contributed by atoms with Crippen LogP contribution in [0.25, 0.3) is 0 Å². The van der Waals surface area contributed by atoms with Gasteiger partial charge in [0.2, 0.25) is 0 Å². The van der Waals surface area contributed by atoms with Crippen molar-refractivity contribution in [1.29, 1.82) is 0 Å². The van der Waals surface area contributed by atoms with Crippen molar-refractivity contribution < 1.29 is 9.84 Å². The maximum Gasteiger partial charge on any atom is 0.160 e. The van der Waals surface area contributed by atoms with Crippen LogP contribution in [-0.4, -0.2) is 27.2 Å². The number of phenolic OH excluding ortho intramolecular Hbond substituents is 1. The van der Waals surface area contributed by atoms with E-state index in [-0.39, 0.29) is 5.75 Å². The number of ether oxygens (including phenoxy) is 1. The number of hydrogen-bond acceptors (Lipinski definition) is 4. The minimum Gasteiger partial charge on any atom is -0.504 e. The number of halogens is 1. The standard InChI is InChI=1S/C17H24IN3O2/c1-3-4-5-6-7-8-14-12-21(20-19-14)11-13-9-17(23-2)16(22)10-15(13)18/h9-10,12,22H,3-8,11H2,1-2H3. The first-order valence-corrected chi connectivity index (χ1v) is 9.16. The summed E-state index contributed by atoms with van der Waals surface area (Å²) in [7, 11) is 1.55. The van der Waals surface area contributed by atoms with Crippen LogP contribution in [0.2, 0.25) is 0 Å². The van der Waals surface area contributed by atoms with E-state index >= 15 is 0 Å². The van der Waals surface area contributed by atoms with Crippen LogP contribution < -0.4 is 4.74 Å². The smallest absolute Gasteiger partial charge is 0.160 e. The number of phenols is 1. The van der Waals surface area contributed by atoms with E-state index in [0.29, 0.717) is 12.3 Å². The molecule has 2 aromatic rings. The molecule has 0 aliphatic heterocycles. The van der Waals surface area contributed by atoms with Crippen molar-refractivity contribution in [2.75, 3.05) is 7.11 Å². The molecule has 0 spiro atoms. The van der Waals surface area contributed by atoms with Crippen molar-refractivity contribution in [2.24, 2.45) is 0 Å². The normalized spacial score (nSPS) is 10.9. The monoisotopic (exact) mass is 429 g/mol. The summed E-state index contributed by atoms with van der Waals surface area (Å²) in [5, 5.41) is 18.2. The molecule has 0 aliphatic carbocycles. The number of aromatic hydroxyl groups is 1. The molecule has 0 saturated heterocycles. The number of methoxy groups -OCH3 is 1. The van der Waals surface area contributed by atoms with Gasteiger partial charge in [-0.3, -0.25) is 0 Å². The molecule has 0 radical (unpaired) electrons. The molecule has 0 aliphatic rings. The lowest BCUT2D eigenvalue weighted by molar-refractivity contribution is 0.372. The van der Waals surface area contributed by atoms with Gasteiger partial charge in [-0.25, -0.2) is 4.68 Å². The number of rotatable bonds is 9. The predicted molar refractivity (Wildman–Crippen MR) is 99.0 cm³/mol.